The van der Waals surface area contributed by atoms with Gasteiger partial charge in [-0.3, -0.25) is 9.72 Å². The highest BCUT2D eigenvalue weighted by molar-refractivity contribution is 5.93. The van der Waals surface area contributed by atoms with Crippen molar-refractivity contribution in [3.8, 4) is 11.3 Å². The van der Waals surface area contributed by atoms with Crippen LogP contribution in [0.5, 0.6) is 0 Å². The average Bonchev–Trinajstić information content (AvgIpc) is 3.07. The zero-order chi connectivity index (χ0) is 18.6. The standard InChI is InChI=1S/C22H20N4O/c1-16-10-12-17(13-11-16)15-23-22(27)25-21-20(18-7-3-2-4-8-18)24-19-9-5-6-14-26(19)21/h2-14H,15H2,1H3,(H2,23,25,27). The molecule has 134 valence electrons. The van der Waals surface area contributed by atoms with Crippen molar-refractivity contribution >= 4 is 17.5 Å². The number of nitrogens with zero attached hydrogens (tertiary/aromatic N) is 2. The van der Waals surface area contributed by atoms with E-state index >= 15 is 0 Å². The van der Waals surface area contributed by atoms with Gasteiger partial charge in [-0.2, -0.15) is 0 Å². The van der Waals surface area contributed by atoms with E-state index in [4.69, 9.17) is 0 Å². The lowest BCUT2D eigenvalue weighted by Gasteiger charge is -2.10. The molecule has 5 heteroatoms. The average molecular weight is 356 g/mol. The summed E-state index contributed by atoms with van der Waals surface area (Å²) in [6.07, 6.45) is 1.89. The van der Waals surface area contributed by atoms with Crippen molar-refractivity contribution in [1.29, 1.82) is 0 Å². The Labute approximate surface area is 157 Å². The summed E-state index contributed by atoms with van der Waals surface area (Å²) >= 11 is 0. The number of fused-ring (bicyclic) bond motifs is 1. The molecule has 2 aromatic carbocycles. The Balaban J connectivity index is 1.59. The Morgan fingerprint density at radius 2 is 1.70 bits per heavy atom. The molecule has 0 saturated heterocycles. The maximum atomic E-state index is 12.5. The molecular weight excluding hydrogens is 336 g/mol. The maximum Gasteiger partial charge on any atom is 0.320 e. The van der Waals surface area contributed by atoms with E-state index in [2.05, 4.69) is 15.6 Å². The van der Waals surface area contributed by atoms with Crippen molar-refractivity contribution in [2.45, 2.75) is 13.5 Å². The Morgan fingerprint density at radius 1 is 0.963 bits per heavy atom. The zero-order valence-corrected chi connectivity index (χ0v) is 15.0. The zero-order valence-electron chi connectivity index (χ0n) is 15.0. The number of aromatic nitrogens is 2. The van der Waals surface area contributed by atoms with Gasteiger partial charge in [-0.25, -0.2) is 9.78 Å². The van der Waals surface area contributed by atoms with Gasteiger partial charge in [-0.1, -0.05) is 66.2 Å². The number of anilines is 1. The van der Waals surface area contributed by atoms with E-state index in [1.165, 1.54) is 5.56 Å². The van der Waals surface area contributed by atoms with Gasteiger partial charge in [0.25, 0.3) is 0 Å². The molecule has 0 fully saturated rings. The molecule has 2 amide bonds. The van der Waals surface area contributed by atoms with Gasteiger partial charge in [0, 0.05) is 18.3 Å². The van der Waals surface area contributed by atoms with E-state index in [0.29, 0.717) is 12.4 Å². The van der Waals surface area contributed by atoms with Crippen LogP contribution in [0.2, 0.25) is 0 Å². The number of carbonyl (C=O) groups excluding carboxylic acids is 1. The normalized spacial score (nSPS) is 10.7. The van der Waals surface area contributed by atoms with Crippen LogP contribution in [0.1, 0.15) is 11.1 Å². The van der Waals surface area contributed by atoms with Gasteiger partial charge in [0.2, 0.25) is 0 Å². The topological polar surface area (TPSA) is 58.4 Å². The molecule has 0 aliphatic rings. The van der Waals surface area contributed by atoms with Crippen molar-refractivity contribution < 1.29 is 4.79 Å². The molecule has 27 heavy (non-hydrogen) atoms. The van der Waals surface area contributed by atoms with Crippen LogP contribution < -0.4 is 10.6 Å². The first-order chi connectivity index (χ1) is 13.2. The first kappa shape index (κ1) is 16.8. The van der Waals surface area contributed by atoms with Crippen LogP contribution in [-0.2, 0) is 6.54 Å². The molecule has 0 aliphatic carbocycles. The number of rotatable bonds is 4. The largest absolute Gasteiger partial charge is 0.334 e. The van der Waals surface area contributed by atoms with E-state index in [0.717, 1.165) is 22.5 Å². The molecule has 2 heterocycles. The maximum absolute atomic E-state index is 12.5. The van der Waals surface area contributed by atoms with E-state index in [9.17, 15) is 4.79 Å². The second-order valence-electron chi connectivity index (χ2n) is 6.40. The third-order valence-electron chi connectivity index (χ3n) is 4.38. The van der Waals surface area contributed by atoms with E-state index in [1.54, 1.807) is 0 Å². The Kier molecular flexibility index (Phi) is 4.58. The molecule has 0 radical (unpaired) electrons. The number of aryl methyl sites for hydroxylation is 1. The summed E-state index contributed by atoms with van der Waals surface area (Å²) < 4.78 is 1.88. The fourth-order valence-corrected chi connectivity index (χ4v) is 2.95. The predicted molar refractivity (Wildman–Crippen MR) is 108 cm³/mol. The number of hydrogen-bond donors (Lipinski definition) is 2. The SMILES string of the molecule is Cc1ccc(CNC(=O)Nc2c(-c3ccccc3)nc3ccccn23)cc1. The number of benzene rings is 2. The molecule has 0 spiro atoms. The Hall–Kier alpha value is -3.60. The molecular formula is C22H20N4O. The van der Waals surface area contributed by atoms with Crippen molar-refractivity contribution in [2.24, 2.45) is 0 Å². The molecule has 2 N–H and O–H groups in total. The minimum absolute atomic E-state index is 0.265. The number of urea groups is 1. The molecule has 4 aromatic rings. The van der Waals surface area contributed by atoms with Gasteiger partial charge < -0.3 is 5.32 Å². The summed E-state index contributed by atoms with van der Waals surface area (Å²) in [6.45, 7) is 2.50. The third kappa shape index (κ3) is 3.67. The van der Waals surface area contributed by atoms with Crippen molar-refractivity contribution in [3.05, 3.63) is 90.1 Å². The van der Waals surface area contributed by atoms with E-state index < -0.39 is 0 Å². The fourth-order valence-electron chi connectivity index (χ4n) is 2.95. The Morgan fingerprint density at radius 3 is 2.48 bits per heavy atom. The summed E-state index contributed by atoms with van der Waals surface area (Å²) in [5.74, 6) is 0.651. The van der Waals surface area contributed by atoms with E-state index in [-0.39, 0.29) is 6.03 Å². The second-order valence-corrected chi connectivity index (χ2v) is 6.40. The number of hydrogen-bond acceptors (Lipinski definition) is 2. The minimum atomic E-state index is -0.265. The van der Waals surface area contributed by atoms with Crippen LogP contribution >= 0.6 is 0 Å². The number of imidazole rings is 1. The summed E-state index contributed by atoms with van der Waals surface area (Å²) in [5.41, 5.74) is 4.73. The summed E-state index contributed by atoms with van der Waals surface area (Å²) in [7, 11) is 0. The lowest BCUT2D eigenvalue weighted by atomic mass is 10.1. The lowest BCUT2D eigenvalue weighted by molar-refractivity contribution is 0.251. The highest BCUT2D eigenvalue weighted by Gasteiger charge is 2.15. The van der Waals surface area contributed by atoms with Crippen LogP contribution in [0.4, 0.5) is 10.6 Å². The molecule has 2 aromatic heterocycles. The predicted octanol–water partition coefficient (Wildman–Crippen LogP) is 4.63. The van der Waals surface area contributed by atoms with Crippen molar-refractivity contribution in [3.63, 3.8) is 0 Å². The van der Waals surface area contributed by atoms with Crippen LogP contribution in [0.25, 0.3) is 16.9 Å². The lowest BCUT2D eigenvalue weighted by Crippen LogP contribution is -2.28. The highest BCUT2D eigenvalue weighted by Crippen LogP contribution is 2.28. The van der Waals surface area contributed by atoms with Crippen LogP contribution in [-0.4, -0.2) is 15.4 Å². The van der Waals surface area contributed by atoms with Crippen molar-refractivity contribution in [1.82, 2.24) is 14.7 Å². The smallest absolute Gasteiger partial charge is 0.320 e. The molecule has 4 rings (SSSR count). The van der Waals surface area contributed by atoms with Gasteiger partial charge in [0.05, 0.1) is 0 Å². The molecule has 5 nitrogen and oxygen atoms in total. The first-order valence-electron chi connectivity index (χ1n) is 8.83. The number of carbonyl (C=O) groups is 1. The van der Waals surface area contributed by atoms with Crippen LogP contribution in [0.15, 0.2) is 79.0 Å². The molecule has 0 bridgehead atoms. The first-order valence-corrected chi connectivity index (χ1v) is 8.83. The molecule has 0 saturated carbocycles. The minimum Gasteiger partial charge on any atom is -0.334 e. The van der Waals surface area contributed by atoms with Crippen LogP contribution in [0.3, 0.4) is 0 Å². The summed E-state index contributed by atoms with van der Waals surface area (Å²) in [5, 5.41) is 5.87. The summed E-state index contributed by atoms with van der Waals surface area (Å²) in [6, 6.07) is 23.4. The second kappa shape index (κ2) is 7.33. The number of pyridine rings is 1. The summed E-state index contributed by atoms with van der Waals surface area (Å²) in [4.78, 5) is 17.2. The monoisotopic (exact) mass is 356 g/mol. The van der Waals surface area contributed by atoms with Gasteiger partial charge in [0.15, 0.2) is 0 Å². The molecule has 0 aliphatic heterocycles. The van der Waals surface area contributed by atoms with Gasteiger partial charge in [-0.15, -0.1) is 0 Å². The third-order valence-corrected chi connectivity index (χ3v) is 4.38. The molecule has 0 atom stereocenters. The van der Waals surface area contributed by atoms with Gasteiger partial charge in [0.1, 0.15) is 17.2 Å². The van der Waals surface area contributed by atoms with Crippen LogP contribution in [0, 0.1) is 6.92 Å². The Bertz CT molecular complexity index is 1070. The van der Waals surface area contributed by atoms with Gasteiger partial charge >= 0.3 is 6.03 Å². The van der Waals surface area contributed by atoms with Gasteiger partial charge in [-0.05, 0) is 24.6 Å². The van der Waals surface area contributed by atoms with E-state index in [1.807, 2.05) is 90.3 Å². The molecule has 0 unspecified atom stereocenters. The quantitative estimate of drug-likeness (QED) is 0.560. The number of amides is 2. The van der Waals surface area contributed by atoms with Crippen molar-refractivity contribution in [2.75, 3.05) is 5.32 Å². The highest BCUT2D eigenvalue weighted by atomic mass is 16.2. The fraction of sp³-hybridized carbons (Fsp3) is 0.0909. The number of nitrogens with one attached hydrogen (secondary N) is 2.